The van der Waals surface area contributed by atoms with Crippen molar-refractivity contribution < 1.29 is 34.6 Å². The van der Waals surface area contributed by atoms with Gasteiger partial charge in [-0.15, -0.1) is 0 Å². The maximum atomic E-state index is 11.7. The molecule has 0 atom stereocenters. The van der Waals surface area contributed by atoms with E-state index in [4.69, 9.17) is 0 Å². The van der Waals surface area contributed by atoms with E-state index in [-0.39, 0.29) is 43.5 Å². The smallest absolute Gasteiger partial charge is 0 e. The van der Waals surface area contributed by atoms with E-state index in [1.165, 1.54) is 69.1 Å². The van der Waals surface area contributed by atoms with Gasteiger partial charge in [0.15, 0.2) is 5.78 Å². The Morgan fingerprint density at radius 2 is 1.48 bits per heavy atom. The van der Waals surface area contributed by atoms with Crippen LogP contribution < -0.4 is 8.96 Å². The maximum Gasteiger partial charge on any atom is 0 e. The second-order valence-corrected chi connectivity index (χ2v) is 27.0. The molecule has 52 heavy (non-hydrogen) atoms. The Labute approximate surface area is 332 Å². The minimum absolute atomic E-state index is 0. The second kappa shape index (κ2) is 17.9. The quantitative estimate of drug-likeness (QED) is 0.0351. The molecule has 0 saturated carbocycles. The number of pyridine rings is 1. The van der Waals surface area contributed by atoms with Crippen LogP contribution in [0.15, 0.2) is 84.6 Å². The molecule has 0 unspecified atom stereocenters. The van der Waals surface area contributed by atoms with Crippen LogP contribution >= 0.6 is 11.3 Å². The summed E-state index contributed by atoms with van der Waals surface area (Å²) in [6.45, 7) is 12.6. The Balaban J connectivity index is 0.000000323. The first kappa shape index (κ1) is 41.8. The van der Waals surface area contributed by atoms with Gasteiger partial charge in [-0.1, -0.05) is 27.7 Å². The molecule has 0 bridgehead atoms. The van der Waals surface area contributed by atoms with E-state index in [0.717, 1.165) is 32.1 Å². The molecule has 2 aromatic heterocycles. The minimum Gasteiger partial charge on any atom is 0 e. The zero-order valence-corrected chi connectivity index (χ0v) is 37.8. The number of thiophene rings is 1. The number of carbonyl (C=O) groups is 1. The van der Waals surface area contributed by atoms with Gasteiger partial charge >= 0.3 is 222 Å². The molecule has 3 nitrogen and oxygen atoms in total. The van der Waals surface area contributed by atoms with Crippen molar-refractivity contribution in [2.24, 2.45) is 17.8 Å². The number of aliphatic hydroxyl groups is 1. The number of aromatic nitrogens is 1. The van der Waals surface area contributed by atoms with E-state index >= 15 is 0 Å². The van der Waals surface area contributed by atoms with Gasteiger partial charge in [0.05, 0.1) is 5.76 Å². The SMILES string of the molecule is CCC(CC)C(=O)/C=C(\O)C(CC)CC.[CH2-][n+]1c(-c2[c-]c(CC(C)C)cc3c2sc2ccccc23)c[c]([Ge]([CH3])([CH3])[CH3])c2c3ccccc3ccc21.[Ir]. The Kier molecular flexibility index (Phi) is 14.4. The number of allylic oxidation sites excluding steroid dienone is 2. The molecule has 1 radical (unpaired) electrons. The van der Waals surface area contributed by atoms with Crippen LogP contribution in [0.4, 0.5) is 0 Å². The van der Waals surface area contributed by atoms with Gasteiger partial charge in [-0.2, -0.15) is 0 Å². The fraction of sp³-hybridized carbons (Fsp3) is 0.370. The van der Waals surface area contributed by atoms with Crippen LogP contribution in [0.5, 0.6) is 0 Å². The Morgan fingerprint density at radius 1 is 0.865 bits per heavy atom. The summed E-state index contributed by atoms with van der Waals surface area (Å²) in [7, 11) is 4.63. The van der Waals surface area contributed by atoms with Gasteiger partial charge in [0.2, 0.25) is 0 Å². The Hall–Kier alpha value is -2.96. The number of rotatable bonds is 11. The van der Waals surface area contributed by atoms with Gasteiger partial charge in [-0.05, 0) is 25.7 Å². The van der Waals surface area contributed by atoms with Gasteiger partial charge in [-0.25, -0.2) is 0 Å². The summed E-state index contributed by atoms with van der Waals surface area (Å²) in [6.07, 6.45) is 5.93. The molecule has 1 N–H and O–H groups in total. The van der Waals surface area contributed by atoms with Crippen molar-refractivity contribution in [1.82, 2.24) is 0 Å². The van der Waals surface area contributed by atoms with Crippen molar-refractivity contribution in [3.05, 3.63) is 103 Å². The van der Waals surface area contributed by atoms with Gasteiger partial charge in [0.25, 0.3) is 0 Å². The van der Waals surface area contributed by atoms with Crippen LogP contribution in [0, 0.1) is 30.9 Å². The normalized spacial score (nSPS) is 12.3. The number of nitrogens with zero attached hydrogens (tertiary/aromatic N) is 1. The van der Waals surface area contributed by atoms with Crippen molar-refractivity contribution >= 4 is 76.6 Å². The topological polar surface area (TPSA) is 41.2 Å². The number of fused-ring (bicyclic) bond motifs is 6. The third-order valence-electron chi connectivity index (χ3n) is 10.3. The number of ketones is 1. The molecule has 0 spiro atoms. The summed E-state index contributed by atoms with van der Waals surface area (Å²) in [5.41, 5.74) is 4.87. The Bertz CT molecular complexity index is 2200. The monoisotopic (exact) mass is 953 g/mol. The van der Waals surface area contributed by atoms with Crippen LogP contribution in [-0.4, -0.2) is 24.2 Å². The standard InChI is InChI=1S/C33H32GeNS.C13H24O2.Ir/c1-21(2)17-22-18-26-25-13-9-10-14-31(25)36-33(26)27(19-22)30-20-28(34(3,4)5)32-24-12-8-7-11-23(24)15-16-29(32)35(30)6;1-5-10(6-2)12(14)9-13(15)11(7-3)8-4;/h7-16,18,20-21H,6,17H2,1-5H3;9-11,14H,5-8H2,1-4H3;/q-1;;/b;12-9-;. The number of aliphatic hydroxyl groups excluding tert-OH is 1. The van der Waals surface area contributed by atoms with E-state index in [0.29, 0.717) is 5.92 Å². The fourth-order valence-corrected chi connectivity index (χ4v) is 11.8. The summed E-state index contributed by atoms with van der Waals surface area (Å²) in [6, 6.07) is 30.8. The predicted octanol–water partition coefficient (Wildman–Crippen LogP) is 12.4. The van der Waals surface area contributed by atoms with Crippen LogP contribution in [0.3, 0.4) is 0 Å². The molecule has 6 aromatic rings. The summed E-state index contributed by atoms with van der Waals surface area (Å²) < 4.78 is 6.36. The second-order valence-electron chi connectivity index (χ2n) is 15.4. The van der Waals surface area contributed by atoms with Crippen LogP contribution in [0.25, 0.3) is 53.1 Å². The van der Waals surface area contributed by atoms with E-state index in [9.17, 15) is 9.90 Å². The fourth-order valence-electron chi connectivity index (χ4n) is 7.31. The molecule has 6 rings (SSSR count). The first-order chi connectivity index (χ1) is 24.3. The van der Waals surface area contributed by atoms with Crippen molar-refractivity contribution in [2.45, 2.75) is 90.9 Å². The van der Waals surface area contributed by atoms with Crippen molar-refractivity contribution in [3.8, 4) is 11.3 Å². The summed E-state index contributed by atoms with van der Waals surface area (Å²) in [5.74, 6) is 8.63. The van der Waals surface area contributed by atoms with Gasteiger partial charge in [0, 0.05) is 38.0 Å². The van der Waals surface area contributed by atoms with E-state index in [1.54, 1.807) is 0 Å². The third kappa shape index (κ3) is 8.87. The first-order valence-electron chi connectivity index (χ1n) is 18.9. The van der Waals surface area contributed by atoms with Crippen LogP contribution in [-0.2, 0) is 31.3 Å². The molecule has 6 heteroatoms. The number of hydrogen-bond donors (Lipinski definition) is 1. The van der Waals surface area contributed by atoms with E-state index in [1.807, 2.05) is 39.0 Å². The number of hydrogen-bond acceptors (Lipinski definition) is 3. The molecular formula is C46H56GeIrNO2S-. The third-order valence-corrected chi connectivity index (χ3v) is 15.7. The van der Waals surface area contributed by atoms with Crippen LogP contribution in [0.2, 0.25) is 17.3 Å². The summed E-state index contributed by atoms with van der Waals surface area (Å²) >= 11 is -0.392. The molecule has 0 aliphatic rings. The van der Waals surface area contributed by atoms with E-state index in [2.05, 4.69) is 122 Å². The van der Waals surface area contributed by atoms with Crippen molar-refractivity contribution in [2.75, 3.05) is 0 Å². The summed E-state index contributed by atoms with van der Waals surface area (Å²) in [4.78, 5) is 11.7. The zero-order valence-electron chi connectivity index (χ0n) is 32.5. The molecule has 0 saturated heterocycles. The van der Waals surface area contributed by atoms with Gasteiger partial charge < -0.3 is 5.11 Å². The number of benzene rings is 4. The molecule has 0 fully saturated rings. The zero-order chi connectivity index (χ0) is 37.0. The van der Waals surface area contributed by atoms with Gasteiger partial charge in [0.1, 0.15) is 0 Å². The molecule has 277 valence electrons. The maximum absolute atomic E-state index is 11.7. The molecule has 0 aliphatic carbocycles. The van der Waals surface area contributed by atoms with Crippen LogP contribution in [0.1, 0.15) is 72.8 Å². The molecule has 0 aliphatic heterocycles. The first-order valence-corrected chi connectivity index (χ1v) is 27.0. The largest absolute Gasteiger partial charge is 0 e. The molecular weight excluding hydrogens is 895 g/mol. The molecule has 4 aromatic carbocycles. The average Bonchev–Trinajstić information content (AvgIpc) is 3.47. The predicted molar refractivity (Wildman–Crippen MR) is 225 cm³/mol. The average molecular weight is 952 g/mol. The van der Waals surface area contributed by atoms with E-state index < -0.39 is 13.3 Å². The van der Waals surface area contributed by atoms with Gasteiger partial charge in [-0.3, -0.25) is 4.79 Å². The van der Waals surface area contributed by atoms with Crippen molar-refractivity contribution in [3.63, 3.8) is 0 Å². The molecule has 2 heterocycles. The molecule has 0 amide bonds. The van der Waals surface area contributed by atoms with Crippen molar-refractivity contribution in [1.29, 1.82) is 0 Å². The summed E-state index contributed by atoms with van der Waals surface area (Å²) in [5, 5.41) is 16.5. The minimum atomic E-state index is -2.28. The number of carbonyl (C=O) groups excluding carboxylic acids is 1. The Morgan fingerprint density at radius 3 is 2.10 bits per heavy atom.